The number of Topliss-reactive ketones (excluding diaryl/α,β-unsaturated/α-hetero) is 2. The first-order valence-corrected chi connectivity index (χ1v) is 23.3. The molecular weight excluding hydrogens is 819 g/mol. The number of rotatable bonds is 11. The van der Waals surface area contributed by atoms with Crippen LogP contribution in [0.25, 0.3) is 17.0 Å². The number of likely N-dealkylation sites (N-methyl/N-ethyl adjacent to an activating group) is 1. The summed E-state index contributed by atoms with van der Waals surface area (Å²) < 4.78 is 32.3. The Morgan fingerprint density at radius 2 is 1.73 bits per heavy atom. The predicted octanol–water partition coefficient (Wildman–Crippen LogP) is 5.12. The summed E-state index contributed by atoms with van der Waals surface area (Å²) in [4.78, 5) is 68.8. The number of aliphatic hydroxyl groups excluding tert-OH is 1. The summed E-state index contributed by atoms with van der Waals surface area (Å²) in [7, 11) is 3.77. The Balaban J connectivity index is 1.42. The maximum Gasteiger partial charge on any atom is 0.408 e. The van der Waals surface area contributed by atoms with E-state index < -0.39 is 83.4 Å². The van der Waals surface area contributed by atoms with E-state index in [1.54, 1.807) is 20.0 Å². The highest BCUT2D eigenvalue weighted by Gasteiger charge is 2.58. The summed E-state index contributed by atoms with van der Waals surface area (Å²) in [6.07, 6.45) is 1.09. The minimum Gasteiger partial charge on any atom is -0.458 e. The van der Waals surface area contributed by atoms with Gasteiger partial charge in [0.2, 0.25) is 0 Å². The Hall–Kier alpha value is -3.83. The molecule has 4 aliphatic heterocycles. The SMILES string of the molecule is CC[C@H]1OC(=O)[C@H](C)C(=O)[C@H](C)[C@@H](O[C@@H]2O[C@H](C)C[C@H](N(C)C)[C@H]2O)[C@@](C)(OC/C=C/c2cnc3ccccc3c2)C[C@@H](C)C(=O)[C@H](CN2CCN(C(C)C)CC2)[C@H]2NC(=O)O[C@@]21C. The summed E-state index contributed by atoms with van der Waals surface area (Å²) >= 11 is 0. The van der Waals surface area contributed by atoms with E-state index in [-0.39, 0.29) is 37.4 Å². The van der Waals surface area contributed by atoms with E-state index in [2.05, 4.69) is 33.9 Å². The average molecular weight is 892 g/mol. The molecular formula is C49H73N5O10. The smallest absolute Gasteiger partial charge is 0.408 e. The number of carbonyl (C=O) groups excluding carboxylic acids is 4. The van der Waals surface area contributed by atoms with Gasteiger partial charge in [0.1, 0.15) is 23.9 Å². The number of pyridine rings is 1. The summed E-state index contributed by atoms with van der Waals surface area (Å²) in [5.74, 6) is -5.15. The topological polar surface area (TPSA) is 169 Å². The van der Waals surface area contributed by atoms with E-state index in [1.807, 2.05) is 89.2 Å². The molecule has 0 bridgehead atoms. The highest BCUT2D eigenvalue weighted by molar-refractivity contribution is 6.00. The fourth-order valence-corrected chi connectivity index (χ4v) is 10.5. The molecule has 0 aliphatic carbocycles. The Bertz CT molecular complexity index is 1990. The van der Waals surface area contributed by atoms with E-state index in [0.29, 0.717) is 19.0 Å². The van der Waals surface area contributed by atoms with Crippen LogP contribution in [0, 0.1) is 23.7 Å². The second-order valence-corrected chi connectivity index (χ2v) is 19.6. The van der Waals surface area contributed by atoms with Crippen molar-refractivity contribution < 1.29 is 48.0 Å². The third kappa shape index (κ3) is 10.9. The van der Waals surface area contributed by atoms with E-state index >= 15 is 4.79 Å². The molecule has 0 unspecified atom stereocenters. The fraction of sp³-hybridized carbons (Fsp3) is 0.694. The lowest BCUT2D eigenvalue weighted by molar-refractivity contribution is -0.296. The van der Waals surface area contributed by atoms with Gasteiger partial charge in [-0.3, -0.25) is 29.2 Å². The van der Waals surface area contributed by atoms with Crippen LogP contribution in [0.1, 0.15) is 87.1 Å². The van der Waals surface area contributed by atoms with Crippen LogP contribution >= 0.6 is 0 Å². The van der Waals surface area contributed by atoms with Gasteiger partial charge in [-0.25, -0.2) is 4.79 Å². The van der Waals surface area contributed by atoms with Crippen molar-refractivity contribution in [2.75, 3.05) is 53.4 Å². The molecule has 15 nitrogen and oxygen atoms in total. The van der Waals surface area contributed by atoms with Crippen LogP contribution in [0.5, 0.6) is 0 Å². The number of nitrogens with one attached hydrogen (secondary N) is 1. The average Bonchev–Trinajstić information content (AvgIpc) is 3.58. The van der Waals surface area contributed by atoms with Crippen molar-refractivity contribution in [3.05, 3.63) is 48.2 Å². The number of piperazine rings is 1. The fourth-order valence-electron chi connectivity index (χ4n) is 10.5. The first kappa shape index (κ1) is 49.6. The number of hydrogen-bond acceptors (Lipinski definition) is 14. The second kappa shape index (κ2) is 20.8. The monoisotopic (exact) mass is 892 g/mol. The molecule has 1 aromatic heterocycles. The maximum atomic E-state index is 15.4. The number of ketones is 2. The molecule has 5 heterocycles. The number of aliphatic hydroxyl groups is 1. The van der Waals surface area contributed by atoms with Gasteiger partial charge in [-0.05, 0) is 92.6 Å². The number of amides is 1. The van der Waals surface area contributed by atoms with Crippen molar-refractivity contribution in [1.29, 1.82) is 0 Å². The minimum atomic E-state index is -1.43. The van der Waals surface area contributed by atoms with Gasteiger partial charge in [0.25, 0.3) is 0 Å². The van der Waals surface area contributed by atoms with Crippen molar-refractivity contribution in [1.82, 2.24) is 25.0 Å². The molecule has 13 atom stereocenters. The van der Waals surface area contributed by atoms with Crippen LogP contribution in [-0.4, -0.2) is 162 Å². The van der Waals surface area contributed by atoms with Crippen LogP contribution < -0.4 is 5.32 Å². The molecule has 64 heavy (non-hydrogen) atoms. The number of hydrogen-bond donors (Lipinski definition) is 2. The van der Waals surface area contributed by atoms with Crippen molar-refractivity contribution >= 4 is 40.6 Å². The van der Waals surface area contributed by atoms with Gasteiger partial charge in [-0.2, -0.15) is 0 Å². The number of aromatic nitrogens is 1. The van der Waals surface area contributed by atoms with Gasteiger partial charge in [0.15, 0.2) is 17.7 Å². The Labute approximate surface area is 379 Å². The lowest BCUT2D eigenvalue weighted by atomic mass is 9.73. The number of carbonyl (C=O) groups is 4. The van der Waals surface area contributed by atoms with Gasteiger partial charge in [0.05, 0.1) is 41.9 Å². The van der Waals surface area contributed by atoms with Crippen molar-refractivity contribution in [2.45, 2.75) is 142 Å². The Morgan fingerprint density at radius 1 is 1.03 bits per heavy atom. The molecule has 2 aromatic rings. The third-order valence-electron chi connectivity index (χ3n) is 14.3. The predicted molar refractivity (Wildman–Crippen MR) is 243 cm³/mol. The molecule has 4 aliphatic rings. The first-order chi connectivity index (χ1) is 30.3. The zero-order chi connectivity index (χ0) is 46.7. The second-order valence-electron chi connectivity index (χ2n) is 19.6. The lowest BCUT2D eigenvalue weighted by Crippen LogP contribution is -2.62. The highest BCUT2D eigenvalue weighted by Crippen LogP contribution is 2.41. The molecule has 6 rings (SSSR count). The van der Waals surface area contributed by atoms with Crippen LogP contribution in [0.2, 0.25) is 0 Å². The van der Waals surface area contributed by atoms with Crippen LogP contribution in [0.3, 0.4) is 0 Å². The molecule has 15 heteroatoms. The number of benzene rings is 1. The Kier molecular flexibility index (Phi) is 16.1. The van der Waals surface area contributed by atoms with E-state index in [1.165, 1.54) is 6.92 Å². The molecule has 0 saturated carbocycles. The van der Waals surface area contributed by atoms with Crippen LogP contribution in [-0.2, 0) is 38.1 Å². The molecule has 4 saturated heterocycles. The van der Waals surface area contributed by atoms with Gasteiger partial charge in [-0.15, -0.1) is 0 Å². The molecule has 0 spiro atoms. The van der Waals surface area contributed by atoms with Crippen LogP contribution in [0.4, 0.5) is 4.79 Å². The number of fused-ring (bicyclic) bond motifs is 2. The van der Waals surface area contributed by atoms with Gasteiger partial charge >= 0.3 is 12.1 Å². The zero-order valence-corrected chi connectivity index (χ0v) is 39.8. The summed E-state index contributed by atoms with van der Waals surface area (Å²) in [5.41, 5.74) is -1.08. The Morgan fingerprint density at radius 3 is 2.41 bits per heavy atom. The normalized spacial score (nSPS) is 36.6. The number of nitrogens with zero attached hydrogens (tertiary/aromatic N) is 4. The molecule has 1 aromatic carbocycles. The molecule has 354 valence electrons. The quantitative estimate of drug-likeness (QED) is 0.225. The van der Waals surface area contributed by atoms with Crippen molar-refractivity contribution in [3.63, 3.8) is 0 Å². The highest BCUT2D eigenvalue weighted by atomic mass is 16.7. The summed E-state index contributed by atoms with van der Waals surface area (Å²) in [5, 5.41) is 15.7. The number of cyclic esters (lactones) is 1. The van der Waals surface area contributed by atoms with Gasteiger partial charge in [0, 0.05) is 68.2 Å². The maximum absolute atomic E-state index is 15.4. The van der Waals surface area contributed by atoms with Crippen molar-refractivity contribution in [2.24, 2.45) is 23.7 Å². The van der Waals surface area contributed by atoms with E-state index in [9.17, 15) is 19.5 Å². The molecule has 0 radical (unpaired) electrons. The standard InChI is InChI=1S/C49H73N5O10/c1-12-39-49(9)43(51-47(59)64-49)36(28-53-19-21-54(22-20-53)29(2)3)40(55)30(4)26-48(8,60-23-15-16-34-25-35-17-13-14-18-37(35)50-27-34)44(32(6)41(56)33(7)45(58)62-39)63-46-42(57)38(52(10)11)24-31(5)61-46/h13-18,25,27,29-33,36,38-39,42-44,46,57H,12,19-24,26,28H2,1-11H3,(H,51,59)/b16-15+/t30-,31-,32+,33-,36+,38+,39-,42-,43-,44-,46+,48+,49-/m1/s1. The number of ether oxygens (including phenoxy) is 5. The molecule has 4 fully saturated rings. The van der Waals surface area contributed by atoms with E-state index in [4.69, 9.17) is 23.7 Å². The minimum absolute atomic E-state index is 0.0553. The first-order valence-electron chi connectivity index (χ1n) is 23.3. The number of para-hydroxylation sites is 1. The largest absolute Gasteiger partial charge is 0.458 e. The van der Waals surface area contributed by atoms with Gasteiger partial charge in [-0.1, -0.05) is 51.1 Å². The van der Waals surface area contributed by atoms with Crippen LogP contribution in [0.15, 0.2) is 42.6 Å². The third-order valence-corrected chi connectivity index (χ3v) is 14.3. The number of alkyl carbamates (subject to hydrolysis) is 1. The van der Waals surface area contributed by atoms with Gasteiger partial charge < -0.3 is 39.0 Å². The summed E-state index contributed by atoms with van der Waals surface area (Å²) in [6, 6.07) is 9.09. The summed E-state index contributed by atoms with van der Waals surface area (Å²) in [6.45, 7) is 20.2. The van der Waals surface area contributed by atoms with E-state index in [0.717, 1.165) is 42.6 Å². The zero-order valence-electron chi connectivity index (χ0n) is 39.8. The number of esters is 1. The van der Waals surface area contributed by atoms with Crippen molar-refractivity contribution in [3.8, 4) is 0 Å². The molecule has 1 amide bonds. The lowest BCUT2D eigenvalue weighted by Gasteiger charge is -2.47. The molecule has 2 N–H and O–H groups in total.